The summed E-state index contributed by atoms with van der Waals surface area (Å²) in [7, 11) is 0. The topological polar surface area (TPSA) is 97.9 Å². The molecule has 1 fully saturated rings. The van der Waals surface area contributed by atoms with Gasteiger partial charge in [-0.25, -0.2) is 9.79 Å². The number of carbonyl (C=O) groups is 2. The molecule has 1 heterocycles. The molecule has 1 unspecified atom stereocenters. The molecule has 33 heavy (non-hydrogen) atoms. The summed E-state index contributed by atoms with van der Waals surface area (Å²) in [5.74, 6) is 0.785. The number of hydrogen-bond acceptors (Lipinski definition) is 3. The van der Waals surface area contributed by atoms with Gasteiger partial charge in [0.15, 0.2) is 5.96 Å². The van der Waals surface area contributed by atoms with Gasteiger partial charge in [0.2, 0.25) is 5.91 Å². The summed E-state index contributed by atoms with van der Waals surface area (Å²) in [5.41, 5.74) is 2.66. The van der Waals surface area contributed by atoms with E-state index in [1.165, 1.54) is 0 Å². The fraction of sp³-hybridized carbons (Fsp3) is 0.375. The average Bonchev–Trinajstić information content (AvgIpc) is 3.13. The van der Waals surface area contributed by atoms with E-state index in [-0.39, 0.29) is 48.0 Å². The van der Waals surface area contributed by atoms with E-state index in [0.717, 1.165) is 23.5 Å². The van der Waals surface area contributed by atoms with Crippen LogP contribution in [-0.2, 0) is 11.3 Å². The van der Waals surface area contributed by atoms with Crippen molar-refractivity contribution in [3.8, 4) is 0 Å². The van der Waals surface area contributed by atoms with Crippen molar-refractivity contribution in [1.29, 1.82) is 0 Å². The molecule has 0 radical (unpaired) electrons. The van der Waals surface area contributed by atoms with Crippen molar-refractivity contribution in [3.05, 3.63) is 60.2 Å². The Morgan fingerprint density at radius 2 is 1.82 bits per heavy atom. The minimum atomic E-state index is -0.222. The predicted molar refractivity (Wildman–Crippen MR) is 144 cm³/mol. The highest BCUT2D eigenvalue weighted by Crippen LogP contribution is 2.21. The van der Waals surface area contributed by atoms with E-state index in [1.807, 2.05) is 80.3 Å². The van der Waals surface area contributed by atoms with Gasteiger partial charge in [-0.2, -0.15) is 0 Å². The third-order valence-corrected chi connectivity index (χ3v) is 4.93. The minimum Gasteiger partial charge on any atom is -0.357 e. The number of hydrogen-bond donors (Lipinski definition) is 4. The van der Waals surface area contributed by atoms with Crippen LogP contribution in [0.3, 0.4) is 0 Å². The fourth-order valence-electron chi connectivity index (χ4n) is 3.47. The van der Waals surface area contributed by atoms with Crippen LogP contribution in [0.2, 0.25) is 0 Å². The lowest BCUT2D eigenvalue weighted by Crippen LogP contribution is -2.44. The van der Waals surface area contributed by atoms with Gasteiger partial charge < -0.3 is 26.2 Å². The van der Waals surface area contributed by atoms with Crippen LogP contribution in [-0.4, -0.2) is 43.1 Å². The molecule has 1 saturated heterocycles. The smallest absolute Gasteiger partial charge is 0.319 e. The SMILES string of the molecule is CCNC(=NCc1ccc(NC(=O)NC(C)C)cc1)NC1CC(=O)N(c2ccccc2)C1.I. The Labute approximate surface area is 212 Å². The van der Waals surface area contributed by atoms with E-state index >= 15 is 0 Å². The Morgan fingerprint density at radius 1 is 1.12 bits per heavy atom. The number of nitrogens with zero attached hydrogens (tertiary/aromatic N) is 2. The van der Waals surface area contributed by atoms with E-state index in [1.54, 1.807) is 0 Å². The van der Waals surface area contributed by atoms with Crippen LogP contribution < -0.4 is 26.2 Å². The quantitative estimate of drug-likeness (QED) is 0.234. The average molecular weight is 564 g/mol. The molecule has 3 amide bonds. The Kier molecular flexibility index (Phi) is 10.4. The second-order valence-corrected chi connectivity index (χ2v) is 8.03. The van der Waals surface area contributed by atoms with Gasteiger partial charge in [-0.05, 0) is 50.6 Å². The first-order valence-corrected chi connectivity index (χ1v) is 11.0. The Hall–Kier alpha value is -2.82. The van der Waals surface area contributed by atoms with Crippen molar-refractivity contribution >= 4 is 53.2 Å². The number of aliphatic imine (C=N–C) groups is 1. The summed E-state index contributed by atoms with van der Waals surface area (Å²) >= 11 is 0. The second kappa shape index (κ2) is 13.0. The maximum absolute atomic E-state index is 12.5. The third-order valence-electron chi connectivity index (χ3n) is 4.93. The Morgan fingerprint density at radius 3 is 2.45 bits per heavy atom. The van der Waals surface area contributed by atoms with Gasteiger partial charge in [-0.1, -0.05) is 30.3 Å². The summed E-state index contributed by atoms with van der Waals surface area (Å²) in [6.07, 6.45) is 0.429. The highest BCUT2D eigenvalue weighted by molar-refractivity contribution is 14.0. The molecule has 178 valence electrons. The summed E-state index contributed by atoms with van der Waals surface area (Å²) in [6.45, 7) is 7.65. The molecule has 1 aliphatic heterocycles. The summed E-state index contributed by atoms with van der Waals surface area (Å²) in [4.78, 5) is 30.7. The molecule has 4 N–H and O–H groups in total. The van der Waals surface area contributed by atoms with Gasteiger partial charge in [0.05, 0.1) is 12.6 Å². The van der Waals surface area contributed by atoms with Gasteiger partial charge in [0, 0.05) is 36.9 Å². The van der Waals surface area contributed by atoms with Crippen LogP contribution in [0.1, 0.15) is 32.8 Å². The van der Waals surface area contributed by atoms with Crippen molar-refractivity contribution in [2.24, 2.45) is 4.99 Å². The first-order chi connectivity index (χ1) is 15.4. The maximum Gasteiger partial charge on any atom is 0.319 e. The van der Waals surface area contributed by atoms with Crippen LogP contribution in [0.25, 0.3) is 0 Å². The van der Waals surface area contributed by atoms with Gasteiger partial charge >= 0.3 is 6.03 Å². The van der Waals surface area contributed by atoms with E-state index in [4.69, 9.17) is 0 Å². The van der Waals surface area contributed by atoms with Crippen molar-refractivity contribution in [2.45, 2.75) is 45.8 Å². The van der Waals surface area contributed by atoms with E-state index in [9.17, 15) is 9.59 Å². The van der Waals surface area contributed by atoms with Crippen LogP contribution in [0.5, 0.6) is 0 Å². The van der Waals surface area contributed by atoms with Crippen LogP contribution in [0, 0.1) is 0 Å². The predicted octanol–water partition coefficient (Wildman–Crippen LogP) is 3.70. The molecule has 8 nitrogen and oxygen atoms in total. The number of rotatable bonds is 7. The van der Waals surface area contributed by atoms with Crippen LogP contribution >= 0.6 is 24.0 Å². The number of nitrogens with one attached hydrogen (secondary N) is 4. The first-order valence-electron chi connectivity index (χ1n) is 11.0. The number of carbonyl (C=O) groups excluding carboxylic acids is 2. The summed E-state index contributed by atoms with van der Waals surface area (Å²) in [5, 5.41) is 12.2. The molecular formula is C24H33IN6O2. The number of halogens is 1. The van der Waals surface area contributed by atoms with Crippen molar-refractivity contribution in [3.63, 3.8) is 0 Å². The molecule has 0 aromatic heterocycles. The molecule has 1 atom stereocenters. The fourth-order valence-corrected chi connectivity index (χ4v) is 3.47. The number of benzene rings is 2. The highest BCUT2D eigenvalue weighted by Gasteiger charge is 2.31. The zero-order valence-electron chi connectivity index (χ0n) is 19.3. The van der Waals surface area contributed by atoms with Gasteiger partial charge in [0.25, 0.3) is 0 Å². The summed E-state index contributed by atoms with van der Waals surface area (Å²) in [6, 6.07) is 17.2. The molecule has 1 aliphatic rings. The second-order valence-electron chi connectivity index (χ2n) is 8.03. The molecule has 2 aromatic rings. The van der Waals surface area contributed by atoms with E-state index < -0.39 is 0 Å². The lowest BCUT2D eigenvalue weighted by molar-refractivity contribution is -0.117. The highest BCUT2D eigenvalue weighted by atomic mass is 127. The number of amides is 3. The number of anilines is 2. The number of para-hydroxylation sites is 1. The van der Waals surface area contributed by atoms with Crippen LogP contribution in [0.4, 0.5) is 16.2 Å². The molecule has 3 rings (SSSR count). The monoisotopic (exact) mass is 564 g/mol. The van der Waals surface area contributed by atoms with Crippen LogP contribution in [0.15, 0.2) is 59.6 Å². The zero-order chi connectivity index (χ0) is 22.9. The maximum atomic E-state index is 12.5. The number of guanidine groups is 1. The molecule has 0 bridgehead atoms. The lowest BCUT2D eigenvalue weighted by Gasteiger charge is -2.19. The molecule has 0 saturated carbocycles. The zero-order valence-corrected chi connectivity index (χ0v) is 21.6. The molecular weight excluding hydrogens is 531 g/mol. The van der Waals surface area contributed by atoms with Crippen molar-refractivity contribution in [1.82, 2.24) is 16.0 Å². The van der Waals surface area contributed by atoms with Crippen molar-refractivity contribution < 1.29 is 9.59 Å². The molecule has 0 aliphatic carbocycles. The van der Waals surface area contributed by atoms with E-state index in [0.29, 0.717) is 25.5 Å². The Balaban J connectivity index is 0.00000385. The number of urea groups is 1. The molecule has 2 aromatic carbocycles. The molecule has 9 heteroatoms. The third kappa shape index (κ3) is 8.23. The standard InChI is InChI=1S/C24H32N6O2.HI/c1-4-25-23(28-20-14-22(31)30(16-20)21-8-6-5-7-9-21)26-15-18-10-12-19(13-11-18)29-24(32)27-17(2)3;/h5-13,17,20H,4,14-16H2,1-3H3,(H2,25,26,28)(H2,27,29,32);1H. The molecule has 0 spiro atoms. The minimum absolute atomic E-state index is 0. The van der Waals surface area contributed by atoms with E-state index in [2.05, 4.69) is 26.3 Å². The van der Waals surface area contributed by atoms with Crippen molar-refractivity contribution in [2.75, 3.05) is 23.3 Å². The normalized spacial score (nSPS) is 15.8. The largest absolute Gasteiger partial charge is 0.357 e. The van der Waals surface area contributed by atoms with Gasteiger partial charge in [0.1, 0.15) is 0 Å². The lowest BCUT2D eigenvalue weighted by atomic mass is 10.2. The first kappa shape index (κ1) is 26.4. The summed E-state index contributed by atoms with van der Waals surface area (Å²) < 4.78 is 0. The Bertz CT molecular complexity index is 934. The van der Waals surface area contributed by atoms with Gasteiger partial charge in [-0.3, -0.25) is 4.79 Å². The van der Waals surface area contributed by atoms with Gasteiger partial charge in [-0.15, -0.1) is 24.0 Å².